The van der Waals surface area contributed by atoms with E-state index < -0.39 is 11.9 Å². The van der Waals surface area contributed by atoms with Gasteiger partial charge in [-0.25, -0.2) is 4.79 Å². The van der Waals surface area contributed by atoms with Crippen LogP contribution in [0.3, 0.4) is 0 Å². The van der Waals surface area contributed by atoms with Gasteiger partial charge in [0.15, 0.2) is 6.61 Å². The van der Waals surface area contributed by atoms with Crippen molar-refractivity contribution in [2.45, 2.75) is 13.5 Å². The number of nitrogens with zero attached hydrogens (tertiary/aromatic N) is 2. The van der Waals surface area contributed by atoms with Gasteiger partial charge in [0.1, 0.15) is 5.75 Å². The fourth-order valence-corrected chi connectivity index (χ4v) is 2.25. The van der Waals surface area contributed by atoms with E-state index in [-0.39, 0.29) is 6.61 Å². The topological polar surface area (TPSA) is 106 Å². The number of aromatic nitrogens is 2. The number of ether oxygens (including phenoxy) is 1. The van der Waals surface area contributed by atoms with Crippen LogP contribution in [0, 0.1) is 6.92 Å². The summed E-state index contributed by atoms with van der Waals surface area (Å²) in [6.07, 6.45) is 0. The van der Waals surface area contributed by atoms with Gasteiger partial charge in [0.05, 0.1) is 0 Å². The van der Waals surface area contributed by atoms with Gasteiger partial charge in [-0.05, 0) is 29.8 Å². The Labute approximate surface area is 155 Å². The molecule has 2 aromatic carbocycles. The molecule has 8 heteroatoms. The Hall–Kier alpha value is -3.68. The van der Waals surface area contributed by atoms with Crippen LogP contribution in [0.4, 0.5) is 4.79 Å². The smallest absolute Gasteiger partial charge is 0.321 e. The summed E-state index contributed by atoms with van der Waals surface area (Å²) in [7, 11) is 0. The van der Waals surface area contributed by atoms with Crippen molar-refractivity contribution in [1.82, 2.24) is 20.8 Å². The molecule has 8 nitrogen and oxygen atoms in total. The van der Waals surface area contributed by atoms with Gasteiger partial charge < -0.3 is 14.6 Å². The van der Waals surface area contributed by atoms with E-state index in [1.54, 1.807) is 31.2 Å². The first-order valence-electron chi connectivity index (χ1n) is 8.25. The summed E-state index contributed by atoms with van der Waals surface area (Å²) in [5.74, 6) is 0.900. The van der Waals surface area contributed by atoms with Crippen molar-refractivity contribution in [1.29, 1.82) is 0 Å². The van der Waals surface area contributed by atoms with Crippen LogP contribution < -0.4 is 15.4 Å². The van der Waals surface area contributed by atoms with E-state index in [1.165, 1.54) is 0 Å². The van der Waals surface area contributed by atoms with Crippen molar-refractivity contribution >= 4 is 11.9 Å². The zero-order valence-electron chi connectivity index (χ0n) is 14.6. The van der Waals surface area contributed by atoms with E-state index in [1.807, 2.05) is 30.3 Å². The van der Waals surface area contributed by atoms with Crippen molar-refractivity contribution in [3.63, 3.8) is 0 Å². The number of amides is 3. The number of urea groups is 1. The van der Waals surface area contributed by atoms with Crippen LogP contribution in [0.5, 0.6) is 5.75 Å². The molecule has 1 aromatic heterocycles. The van der Waals surface area contributed by atoms with E-state index in [2.05, 4.69) is 20.8 Å². The molecule has 0 aliphatic heterocycles. The molecule has 27 heavy (non-hydrogen) atoms. The number of carbonyl (C=O) groups excluding carboxylic acids is 2. The number of carbonyl (C=O) groups is 2. The predicted molar refractivity (Wildman–Crippen MR) is 96.8 cm³/mol. The Morgan fingerprint density at radius 3 is 2.48 bits per heavy atom. The van der Waals surface area contributed by atoms with Crippen molar-refractivity contribution in [2.24, 2.45) is 0 Å². The Morgan fingerprint density at radius 2 is 1.81 bits per heavy atom. The lowest BCUT2D eigenvalue weighted by molar-refractivity contribution is -0.122. The zero-order valence-corrected chi connectivity index (χ0v) is 14.6. The highest BCUT2D eigenvalue weighted by molar-refractivity contribution is 5.94. The zero-order chi connectivity index (χ0) is 19.1. The molecular weight excluding hydrogens is 348 g/mol. The lowest BCUT2D eigenvalue weighted by Gasteiger charge is -2.08. The van der Waals surface area contributed by atoms with Crippen molar-refractivity contribution in [3.8, 4) is 17.1 Å². The van der Waals surface area contributed by atoms with Gasteiger partial charge in [0, 0.05) is 19.0 Å². The number of benzene rings is 2. The molecule has 3 rings (SSSR count). The Balaban J connectivity index is 1.42. The van der Waals surface area contributed by atoms with E-state index in [9.17, 15) is 9.59 Å². The van der Waals surface area contributed by atoms with Gasteiger partial charge in [0.2, 0.25) is 11.7 Å². The first-order valence-corrected chi connectivity index (χ1v) is 8.25. The van der Waals surface area contributed by atoms with Crippen molar-refractivity contribution < 1.29 is 18.8 Å². The Bertz CT molecular complexity index is 907. The third kappa shape index (κ3) is 5.40. The summed E-state index contributed by atoms with van der Waals surface area (Å²) in [5.41, 5.74) is 1.71. The molecular formula is C19H18N4O4. The number of rotatable bonds is 6. The van der Waals surface area contributed by atoms with Crippen LogP contribution in [-0.4, -0.2) is 28.7 Å². The average Bonchev–Trinajstić information content (AvgIpc) is 3.12. The number of nitrogens with one attached hydrogen (secondary N) is 2. The van der Waals surface area contributed by atoms with Crippen molar-refractivity contribution in [2.75, 3.05) is 6.61 Å². The standard InChI is InChI=1S/C19H18N4O4/c1-13-21-18(23-27-13)15-7-9-16(10-8-15)26-12-17(24)22-19(25)20-11-14-5-3-2-4-6-14/h2-10H,11-12H2,1H3,(H2,20,22,24,25). The summed E-state index contributed by atoms with van der Waals surface area (Å²) in [6, 6.07) is 15.7. The number of imide groups is 1. The summed E-state index contributed by atoms with van der Waals surface area (Å²) < 4.78 is 10.3. The fraction of sp³-hybridized carbons (Fsp3) is 0.158. The van der Waals surface area contributed by atoms with Crippen LogP contribution in [0.25, 0.3) is 11.4 Å². The molecule has 0 spiro atoms. The normalized spacial score (nSPS) is 10.3. The quantitative estimate of drug-likeness (QED) is 0.694. The van der Waals surface area contributed by atoms with Gasteiger partial charge in [-0.2, -0.15) is 4.98 Å². The van der Waals surface area contributed by atoms with Crippen LogP contribution >= 0.6 is 0 Å². The minimum atomic E-state index is -0.574. The largest absolute Gasteiger partial charge is 0.484 e. The Morgan fingerprint density at radius 1 is 1.07 bits per heavy atom. The third-order valence-corrected chi connectivity index (χ3v) is 3.56. The molecule has 3 amide bonds. The minimum Gasteiger partial charge on any atom is -0.484 e. The number of aryl methyl sites for hydroxylation is 1. The van der Waals surface area contributed by atoms with Crippen LogP contribution in [0.1, 0.15) is 11.5 Å². The van der Waals surface area contributed by atoms with Crippen LogP contribution in [0.2, 0.25) is 0 Å². The number of hydrogen-bond acceptors (Lipinski definition) is 6. The van der Waals surface area contributed by atoms with Crippen LogP contribution in [-0.2, 0) is 11.3 Å². The molecule has 0 radical (unpaired) electrons. The fourth-order valence-electron chi connectivity index (χ4n) is 2.25. The van der Waals surface area contributed by atoms with Gasteiger partial charge in [-0.15, -0.1) is 0 Å². The number of hydrogen-bond donors (Lipinski definition) is 2. The van der Waals surface area contributed by atoms with E-state index in [4.69, 9.17) is 9.26 Å². The molecule has 0 aliphatic carbocycles. The maximum absolute atomic E-state index is 11.8. The molecule has 3 aromatic rings. The third-order valence-electron chi connectivity index (χ3n) is 3.56. The minimum absolute atomic E-state index is 0.278. The molecule has 0 aliphatic rings. The highest BCUT2D eigenvalue weighted by atomic mass is 16.5. The molecule has 0 saturated heterocycles. The molecule has 2 N–H and O–H groups in total. The second kappa shape index (κ2) is 8.61. The van der Waals surface area contributed by atoms with Gasteiger partial charge in [0.25, 0.3) is 5.91 Å². The van der Waals surface area contributed by atoms with Gasteiger partial charge in [-0.1, -0.05) is 35.5 Å². The first kappa shape index (κ1) is 18.1. The lowest BCUT2D eigenvalue weighted by atomic mass is 10.2. The molecule has 0 atom stereocenters. The van der Waals surface area contributed by atoms with E-state index >= 15 is 0 Å². The molecule has 0 saturated carbocycles. The van der Waals surface area contributed by atoms with Crippen molar-refractivity contribution in [3.05, 3.63) is 66.1 Å². The van der Waals surface area contributed by atoms with Crippen LogP contribution in [0.15, 0.2) is 59.1 Å². The van der Waals surface area contributed by atoms with Gasteiger partial charge in [-0.3, -0.25) is 10.1 Å². The molecule has 0 unspecified atom stereocenters. The second-order valence-corrected chi connectivity index (χ2v) is 5.67. The predicted octanol–water partition coefficient (Wildman–Crippen LogP) is 2.45. The lowest BCUT2D eigenvalue weighted by Crippen LogP contribution is -2.41. The second-order valence-electron chi connectivity index (χ2n) is 5.67. The van der Waals surface area contributed by atoms with Gasteiger partial charge >= 0.3 is 6.03 Å². The van der Waals surface area contributed by atoms with E-state index in [0.29, 0.717) is 24.0 Å². The average molecular weight is 366 g/mol. The summed E-state index contributed by atoms with van der Waals surface area (Å²) in [6.45, 7) is 1.76. The summed E-state index contributed by atoms with van der Waals surface area (Å²) >= 11 is 0. The monoisotopic (exact) mass is 366 g/mol. The SMILES string of the molecule is Cc1nc(-c2ccc(OCC(=O)NC(=O)NCc3ccccc3)cc2)no1. The summed E-state index contributed by atoms with van der Waals surface area (Å²) in [5, 5.41) is 8.65. The molecule has 0 fully saturated rings. The highest BCUT2D eigenvalue weighted by Gasteiger charge is 2.09. The maximum atomic E-state index is 11.8. The first-order chi connectivity index (χ1) is 13.1. The van der Waals surface area contributed by atoms with E-state index in [0.717, 1.165) is 11.1 Å². The molecule has 1 heterocycles. The summed E-state index contributed by atoms with van der Waals surface area (Å²) in [4.78, 5) is 27.6. The molecule has 138 valence electrons. The maximum Gasteiger partial charge on any atom is 0.321 e. The molecule has 0 bridgehead atoms. The highest BCUT2D eigenvalue weighted by Crippen LogP contribution is 2.19. The Kier molecular flexibility index (Phi) is 5.78.